The van der Waals surface area contributed by atoms with E-state index in [0.29, 0.717) is 16.4 Å². The van der Waals surface area contributed by atoms with Gasteiger partial charge in [-0.3, -0.25) is 0 Å². The molecule has 0 atom stereocenters. The molecule has 0 amide bonds. The Balaban J connectivity index is 2.59. The highest BCUT2D eigenvalue weighted by molar-refractivity contribution is 6.29. The number of ether oxygens (including phenoxy) is 1. The lowest BCUT2D eigenvalue weighted by atomic mass is 10.2. The summed E-state index contributed by atoms with van der Waals surface area (Å²) in [6, 6.07) is 3.20. The van der Waals surface area contributed by atoms with Crippen molar-refractivity contribution in [3.8, 4) is 0 Å². The average molecular weight is 170 g/mol. The molecule has 56 valence electrons. The molecule has 4 heteroatoms. The quantitative estimate of drug-likeness (QED) is 0.435. The zero-order chi connectivity index (χ0) is 7.84. The third kappa shape index (κ3) is 0.973. The minimum atomic E-state index is -0.316. The van der Waals surface area contributed by atoms with Gasteiger partial charge in [-0.15, -0.1) is 0 Å². The van der Waals surface area contributed by atoms with Crippen molar-refractivity contribution < 1.29 is 9.53 Å². The molecule has 0 saturated heterocycles. The van der Waals surface area contributed by atoms with Gasteiger partial charge in [-0.05, 0) is 12.1 Å². The van der Waals surface area contributed by atoms with Crippen LogP contribution in [0, 0.1) is 0 Å². The van der Waals surface area contributed by atoms with Crippen LogP contribution in [0.15, 0.2) is 12.1 Å². The van der Waals surface area contributed by atoms with Crippen molar-refractivity contribution in [3.05, 3.63) is 28.5 Å². The van der Waals surface area contributed by atoms with Crippen LogP contribution in [0.2, 0.25) is 5.15 Å². The first-order valence-electron chi connectivity index (χ1n) is 3.10. The van der Waals surface area contributed by atoms with Crippen molar-refractivity contribution in [1.29, 1.82) is 0 Å². The van der Waals surface area contributed by atoms with Crippen LogP contribution in [-0.4, -0.2) is 11.0 Å². The molecule has 2 heterocycles. The Hall–Kier alpha value is -1.09. The summed E-state index contributed by atoms with van der Waals surface area (Å²) in [5, 5.41) is 0.391. The maximum Gasteiger partial charge on any atom is 0.340 e. The van der Waals surface area contributed by atoms with Crippen LogP contribution in [-0.2, 0) is 11.3 Å². The standard InChI is InChI=1S/C7H4ClNO2/c8-6-2-1-4-5(9-6)3-11-7(4)10/h1-2H,3H2. The van der Waals surface area contributed by atoms with Crippen LogP contribution < -0.4 is 0 Å². The summed E-state index contributed by atoms with van der Waals surface area (Å²) >= 11 is 5.59. The van der Waals surface area contributed by atoms with Crippen molar-refractivity contribution in [1.82, 2.24) is 4.98 Å². The molecule has 11 heavy (non-hydrogen) atoms. The van der Waals surface area contributed by atoms with E-state index in [1.807, 2.05) is 0 Å². The highest BCUT2D eigenvalue weighted by atomic mass is 35.5. The number of rotatable bonds is 0. The first kappa shape index (κ1) is 6.61. The Morgan fingerprint density at radius 1 is 1.55 bits per heavy atom. The Morgan fingerprint density at radius 3 is 3.18 bits per heavy atom. The number of esters is 1. The number of hydrogen-bond acceptors (Lipinski definition) is 3. The molecule has 2 rings (SSSR count). The molecule has 1 aromatic rings. The summed E-state index contributed by atoms with van der Waals surface area (Å²) in [5.74, 6) is -0.316. The second-order valence-corrected chi connectivity index (χ2v) is 2.59. The molecule has 0 bridgehead atoms. The molecule has 1 aromatic heterocycles. The predicted molar refractivity (Wildman–Crippen MR) is 38.4 cm³/mol. The zero-order valence-corrected chi connectivity index (χ0v) is 6.26. The number of carbonyl (C=O) groups is 1. The predicted octanol–water partition coefficient (Wildman–Crippen LogP) is 1.41. The second kappa shape index (κ2) is 2.20. The highest BCUT2D eigenvalue weighted by Crippen LogP contribution is 2.19. The number of aromatic nitrogens is 1. The third-order valence-corrected chi connectivity index (χ3v) is 1.71. The van der Waals surface area contributed by atoms with Crippen LogP contribution in [0.25, 0.3) is 0 Å². The maximum absolute atomic E-state index is 10.9. The Kier molecular flexibility index (Phi) is 1.32. The second-order valence-electron chi connectivity index (χ2n) is 2.20. The first-order valence-corrected chi connectivity index (χ1v) is 3.48. The summed E-state index contributed by atoms with van der Waals surface area (Å²) in [6.45, 7) is 0.245. The van der Waals surface area contributed by atoms with E-state index in [1.165, 1.54) is 0 Å². The fourth-order valence-corrected chi connectivity index (χ4v) is 1.15. The lowest BCUT2D eigenvalue weighted by Crippen LogP contribution is -1.93. The number of hydrogen-bond donors (Lipinski definition) is 0. The summed E-state index contributed by atoms with van der Waals surface area (Å²) in [4.78, 5) is 14.8. The van der Waals surface area contributed by atoms with E-state index in [2.05, 4.69) is 4.98 Å². The van der Waals surface area contributed by atoms with E-state index < -0.39 is 0 Å². The van der Waals surface area contributed by atoms with Crippen LogP contribution in [0.4, 0.5) is 0 Å². The largest absolute Gasteiger partial charge is 0.456 e. The molecule has 1 aliphatic rings. The summed E-state index contributed by atoms with van der Waals surface area (Å²) in [5.41, 5.74) is 1.15. The number of nitrogens with zero attached hydrogens (tertiary/aromatic N) is 1. The van der Waals surface area contributed by atoms with Crippen molar-refractivity contribution >= 4 is 17.6 Å². The monoisotopic (exact) mass is 169 g/mol. The fourth-order valence-electron chi connectivity index (χ4n) is 0.982. The van der Waals surface area contributed by atoms with Crippen LogP contribution >= 0.6 is 11.6 Å². The Labute approximate surface area is 68.0 Å². The summed E-state index contributed by atoms with van der Waals surface area (Å²) in [7, 11) is 0. The van der Waals surface area contributed by atoms with Crippen molar-refractivity contribution in [2.45, 2.75) is 6.61 Å². The lowest BCUT2D eigenvalue weighted by molar-refractivity contribution is 0.0533. The minimum absolute atomic E-state index is 0.245. The van der Waals surface area contributed by atoms with Gasteiger partial charge in [0.1, 0.15) is 11.8 Å². The van der Waals surface area contributed by atoms with E-state index in [9.17, 15) is 4.79 Å². The van der Waals surface area contributed by atoms with Gasteiger partial charge in [0.15, 0.2) is 0 Å². The maximum atomic E-state index is 10.9. The van der Waals surface area contributed by atoms with Crippen molar-refractivity contribution in [2.24, 2.45) is 0 Å². The van der Waals surface area contributed by atoms with E-state index in [0.717, 1.165) is 0 Å². The highest BCUT2D eigenvalue weighted by Gasteiger charge is 2.21. The fraction of sp³-hybridized carbons (Fsp3) is 0.143. The molecule has 0 saturated carbocycles. The van der Waals surface area contributed by atoms with Crippen LogP contribution in [0.1, 0.15) is 16.1 Å². The van der Waals surface area contributed by atoms with Gasteiger partial charge in [-0.25, -0.2) is 9.78 Å². The van der Waals surface area contributed by atoms with Gasteiger partial charge in [0.25, 0.3) is 0 Å². The van der Waals surface area contributed by atoms with Gasteiger partial charge in [0.05, 0.1) is 11.3 Å². The molecular formula is C7H4ClNO2. The van der Waals surface area contributed by atoms with E-state index in [4.69, 9.17) is 16.3 Å². The van der Waals surface area contributed by atoms with E-state index in [1.54, 1.807) is 12.1 Å². The van der Waals surface area contributed by atoms with E-state index in [-0.39, 0.29) is 12.6 Å². The molecule has 1 aliphatic heterocycles. The van der Waals surface area contributed by atoms with Gasteiger partial charge in [0, 0.05) is 0 Å². The van der Waals surface area contributed by atoms with Gasteiger partial charge in [-0.2, -0.15) is 0 Å². The molecular weight excluding hydrogens is 166 g/mol. The summed E-state index contributed by atoms with van der Waals surface area (Å²) < 4.78 is 4.72. The van der Waals surface area contributed by atoms with Gasteiger partial charge >= 0.3 is 5.97 Å². The van der Waals surface area contributed by atoms with Crippen LogP contribution in [0.5, 0.6) is 0 Å². The average Bonchev–Trinajstić information content (AvgIpc) is 2.32. The zero-order valence-electron chi connectivity index (χ0n) is 5.50. The number of halogens is 1. The van der Waals surface area contributed by atoms with Crippen molar-refractivity contribution in [2.75, 3.05) is 0 Å². The molecule has 0 spiro atoms. The van der Waals surface area contributed by atoms with Gasteiger partial charge in [0.2, 0.25) is 0 Å². The first-order chi connectivity index (χ1) is 5.27. The molecule has 0 aromatic carbocycles. The number of cyclic esters (lactones) is 1. The number of fused-ring (bicyclic) bond motifs is 1. The van der Waals surface area contributed by atoms with E-state index >= 15 is 0 Å². The van der Waals surface area contributed by atoms with Gasteiger partial charge in [-0.1, -0.05) is 11.6 Å². The Bertz CT molecular complexity index is 324. The lowest BCUT2D eigenvalue weighted by Gasteiger charge is -1.91. The normalized spacial score (nSPS) is 14.5. The topological polar surface area (TPSA) is 39.2 Å². The molecule has 0 unspecified atom stereocenters. The molecule has 0 radical (unpaired) electrons. The number of pyridine rings is 1. The number of carbonyl (C=O) groups excluding carboxylic acids is 1. The van der Waals surface area contributed by atoms with Crippen LogP contribution in [0.3, 0.4) is 0 Å². The smallest absolute Gasteiger partial charge is 0.340 e. The SMILES string of the molecule is O=C1OCc2nc(Cl)ccc21. The van der Waals surface area contributed by atoms with Crippen molar-refractivity contribution in [3.63, 3.8) is 0 Å². The molecule has 0 N–H and O–H groups in total. The third-order valence-electron chi connectivity index (χ3n) is 1.50. The minimum Gasteiger partial charge on any atom is -0.456 e. The molecule has 0 aliphatic carbocycles. The summed E-state index contributed by atoms with van der Waals surface area (Å²) in [6.07, 6.45) is 0. The molecule has 0 fully saturated rings. The molecule has 3 nitrogen and oxygen atoms in total. The Morgan fingerprint density at radius 2 is 2.36 bits per heavy atom. The van der Waals surface area contributed by atoms with Gasteiger partial charge < -0.3 is 4.74 Å².